The van der Waals surface area contributed by atoms with Crippen molar-refractivity contribution in [3.8, 4) is 5.69 Å². The number of aromatic nitrogens is 2. The first-order chi connectivity index (χ1) is 16.8. The van der Waals surface area contributed by atoms with Gasteiger partial charge in [0.1, 0.15) is 5.69 Å². The fraction of sp³-hybridized carbons (Fsp3) is 0.360. The average molecular weight is 498 g/mol. The van der Waals surface area contributed by atoms with Crippen molar-refractivity contribution in [3.63, 3.8) is 0 Å². The summed E-state index contributed by atoms with van der Waals surface area (Å²) in [5, 5.41) is 5.69. The van der Waals surface area contributed by atoms with Crippen LogP contribution in [0.1, 0.15) is 31.4 Å². The number of para-hydroxylation sites is 1. The summed E-state index contributed by atoms with van der Waals surface area (Å²) < 4.78 is 30.6. The molecule has 1 aliphatic heterocycles. The zero-order chi connectivity index (χ0) is 25.0. The molecule has 2 aromatic carbocycles. The van der Waals surface area contributed by atoms with Crippen molar-refractivity contribution < 1.29 is 13.2 Å². The molecule has 9 nitrogen and oxygen atoms in total. The van der Waals surface area contributed by atoms with E-state index < -0.39 is 10.0 Å². The first-order valence-corrected chi connectivity index (χ1v) is 13.2. The molecule has 1 aliphatic rings. The van der Waals surface area contributed by atoms with Crippen LogP contribution in [0.3, 0.4) is 0 Å². The zero-order valence-corrected chi connectivity index (χ0v) is 20.8. The number of sulfonamides is 1. The van der Waals surface area contributed by atoms with Gasteiger partial charge in [-0.25, -0.2) is 13.1 Å². The Hall–Kier alpha value is -3.37. The third kappa shape index (κ3) is 5.33. The normalized spacial score (nSPS) is 14.9. The fourth-order valence-electron chi connectivity index (χ4n) is 4.25. The molecule has 1 fully saturated rings. The van der Waals surface area contributed by atoms with Crippen molar-refractivity contribution in [2.24, 2.45) is 7.05 Å². The predicted octanol–water partition coefficient (Wildman–Crippen LogP) is 3.10. The summed E-state index contributed by atoms with van der Waals surface area (Å²) >= 11 is 0. The summed E-state index contributed by atoms with van der Waals surface area (Å²) in [6.45, 7) is 2.80. The van der Waals surface area contributed by atoms with E-state index in [-0.39, 0.29) is 28.6 Å². The highest BCUT2D eigenvalue weighted by molar-refractivity contribution is 7.89. The van der Waals surface area contributed by atoms with Gasteiger partial charge in [0, 0.05) is 25.8 Å². The van der Waals surface area contributed by atoms with E-state index >= 15 is 0 Å². The van der Waals surface area contributed by atoms with Gasteiger partial charge in [-0.2, -0.15) is 4.31 Å². The molecule has 1 saturated heterocycles. The number of anilines is 2. The Balaban J connectivity index is 1.40. The second-order valence-corrected chi connectivity index (χ2v) is 10.6. The number of hydrogen-bond donors (Lipinski definition) is 2. The highest BCUT2D eigenvalue weighted by Gasteiger charge is 2.25. The summed E-state index contributed by atoms with van der Waals surface area (Å²) in [7, 11) is -1.76. The quantitative estimate of drug-likeness (QED) is 0.522. The van der Waals surface area contributed by atoms with E-state index in [1.54, 1.807) is 47.2 Å². The van der Waals surface area contributed by atoms with Crippen LogP contribution in [-0.4, -0.2) is 47.6 Å². The van der Waals surface area contributed by atoms with Crippen molar-refractivity contribution in [1.82, 2.24) is 13.7 Å². The third-order valence-corrected chi connectivity index (χ3v) is 8.24. The second kappa shape index (κ2) is 10.5. The van der Waals surface area contributed by atoms with E-state index in [0.717, 1.165) is 25.7 Å². The Morgan fingerprint density at radius 1 is 0.943 bits per heavy atom. The van der Waals surface area contributed by atoms with Crippen LogP contribution in [0.4, 0.5) is 11.4 Å². The van der Waals surface area contributed by atoms with Crippen molar-refractivity contribution in [2.75, 3.05) is 30.3 Å². The lowest BCUT2D eigenvalue weighted by Crippen LogP contribution is -2.31. The monoisotopic (exact) mass is 497 g/mol. The van der Waals surface area contributed by atoms with Gasteiger partial charge >= 0.3 is 0 Å². The average Bonchev–Trinajstić information content (AvgIpc) is 3.07. The van der Waals surface area contributed by atoms with Gasteiger partial charge in [-0.05, 0) is 56.2 Å². The first kappa shape index (κ1) is 24.7. The van der Waals surface area contributed by atoms with Gasteiger partial charge in [0.2, 0.25) is 15.9 Å². The minimum absolute atomic E-state index is 0.0721. The highest BCUT2D eigenvalue weighted by Crippen LogP contribution is 2.22. The molecule has 2 heterocycles. The van der Waals surface area contributed by atoms with Crippen LogP contribution in [0, 0.1) is 6.92 Å². The molecule has 1 amide bonds. The Bertz CT molecular complexity index is 1340. The minimum atomic E-state index is -3.52. The van der Waals surface area contributed by atoms with E-state index in [1.165, 1.54) is 4.68 Å². The summed E-state index contributed by atoms with van der Waals surface area (Å²) in [5.74, 6) is -0.378. The topological polar surface area (TPSA) is 105 Å². The molecule has 3 aromatic rings. The summed E-state index contributed by atoms with van der Waals surface area (Å²) in [4.78, 5) is 25.8. The molecule has 0 atom stereocenters. The smallest absolute Gasteiger partial charge is 0.295 e. The molecule has 0 unspecified atom stereocenters. The molecule has 2 N–H and O–H groups in total. The van der Waals surface area contributed by atoms with Crippen molar-refractivity contribution in [1.29, 1.82) is 0 Å². The largest absolute Gasteiger partial charge is 0.376 e. The number of nitrogens with zero attached hydrogens (tertiary/aromatic N) is 3. The molecule has 0 aliphatic carbocycles. The van der Waals surface area contributed by atoms with E-state index in [9.17, 15) is 18.0 Å². The van der Waals surface area contributed by atoms with Crippen molar-refractivity contribution in [3.05, 3.63) is 70.6 Å². The van der Waals surface area contributed by atoms with Gasteiger partial charge in [0.05, 0.1) is 22.8 Å². The molecule has 0 radical (unpaired) electrons. The van der Waals surface area contributed by atoms with Crippen molar-refractivity contribution in [2.45, 2.75) is 37.5 Å². The van der Waals surface area contributed by atoms with Gasteiger partial charge in [-0.3, -0.25) is 14.3 Å². The highest BCUT2D eigenvalue weighted by atomic mass is 32.2. The Morgan fingerprint density at radius 2 is 1.57 bits per heavy atom. The van der Waals surface area contributed by atoms with Crippen LogP contribution < -0.4 is 16.2 Å². The number of benzene rings is 2. The number of hydrogen-bond acceptors (Lipinski definition) is 5. The first-order valence-electron chi connectivity index (χ1n) is 11.8. The SMILES string of the molecule is Cc1c(NC(=O)CNc2ccc(S(=O)(=O)N3CCCCCC3)cc2)c(=O)n(-c2ccccc2)n1C. The fourth-order valence-corrected chi connectivity index (χ4v) is 5.77. The molecule has 4 rings (SSSR count). The Morgan fingerprint density at radius 3 is 2.20 bits per heavy atom. The van der Waals surface area contributed by atoms with Gasteiger partial charge in [-0.15, -0.1) is 0 Å². The molecular weight excluding hydrogens is 466 g/mol. The van der Waals surface area contributed by atoms with Crippen LogP contribution in [0.2, 0.25) is 0 Å². The maximum Gasteiger partial charge on any atom is 0.295 e. The summed E-state index contributed by atoms with van der Waals surface area (Å²) in [6.07, 6.45) is 3.87. The number of carbonyl (C=O) groups is 1. The van der Waals surface area contributed by atoms with E-state index in [1.807, 2.05) is 30.3 Å². The summed E-state index contributed by atoms with van der Waals surface area (Å²) in [6, 6.07) is 15.6. The van der Waals surface area contributed by atoms with Crippen LogP contribution in [-0.2, 0) is 21.9 Å². The van der Waals surface area contributed by atoms with Crippen LogP contribution >= 0.6 is 0 Å². The second-order valence-electron chi connectivity index (χ2n) is 8.68. The van der Waals surface area contributed by atoms with Gasteiger partial charge in [-0.1, -0.05) is 31.0 Å². The van der Waals surface area contributed by atoms with Crippen LogP contribution in [0.5, 0.6) is 0 Å². The van der Waals surface area contributed by atoms with Crippen LogP contribution in [0.15, 0.2) is 64.3 Å². The number of amides is 1. The maximum atomic E-state index is 13.0. The number of carbonyl (C=O) groups excluding carboxylic acids is 1. The van der Waals surface area contributed by atoms with Gasteiger partial charge < -0.3 is 10.6 Å². The minimum Gasteiger partial charge on any atom is -0.376 e. The Labute approximate surface area is 205 Å². The zero-order valence-electron chi connectivity index (χ0n) is 20.0. The number of nitrogens with one attached hydrogen (secondary N) is 2. The molecule has 1 aromatic heterocycles. The molecule has 0 bridgehead atoms. The lowest BCUT2D eigenvalue weighted by atomic mass is 10.2. The predicted molar refractivity (Wildman–Crippen MR) is 137 cm³/mol. The summed E-state index contributed by atoms with van der Waals surface area (Å²) in [5.41, 5.74) is 1.86. The standard InChI is InChI=1S/C25H31N5O4S/c1-19-24(25(32)30(28(19)2)21-10-6-5-7-11-21)27-23(31)18-26-20-12-14-22(15-13-20)35(33,34)29-16-8-3-4-9-17-29/h5-7,10-15,26H,3-4,8-9,16-18H2,1-2H3,(H,27,31). The van der Waals surface area contributed by atoms with Crippen LogP contribution in [0.25, 0.3) is 5.69 Å². The van der Waals surface area contributed by atoms with E-state index in [0.29, 0.717) is 30.2 Å². The maximum absolute atomic E-state index is 13.0. The molecule has 0 spiro atoms. The van der Waals surface area contributed by atoms with E-state index in [4.69, 9.17) is 0 Å². The van der Waals surface area contributed by atoms with Crippen molar-refractivity contribution >= 4 is 27.3 Å². The molecular formula is C25H31N5O4S. The molecule has 35 heavy (non-hydrogen) atoms. The lowest BCUT2D eigenvalue weighted by Gasteiger charge is -2.20. The van der Waals surface area contributed by atoms with Gasteiger partial charge in [0.25, 0.3) is 5.56 Å². The Kier molecular flexibility index (Phi) is 7.42. The molecule has 10 heteroatoms. The molecule has 0 saturated carbocycles. The third-order valence-electron chi connectivity index (χ3n) is 6.33. The molecule has 186 valence electrons. The van der Waals surface area contributed by atoms with Gasteiger partial charge in [0.15, 0.2) is 0 Å². The van der Waals surface area contributed by atoms with E-state index in [2.05, 4.69) is 10.6 Å². The lowest BCUT2D eigenvalue weighted by molar-refractivity contribution is -0.114. The number of rotatable bonds is 7.